The lowest BCUT2D eigenvalue weighted by atomic mass is 10.0. The van der Waals surface area contributed by atoms with Crippen molar-refractivity contribution in [3.05, 3.63) is 398 Å². The third-order valence-corrected chi connectivity index (χ3v) is 23.8. The minimum absolute atomic E-state index is 0.486. The molecule has 141 heavy (non-hydrogen) atoms. The molecule has 0 radical (unpaired) electrons. The number of hydrogen-bond acceptors (Lipinski definition) is 19. The zero-order valence-electron chi connectivity index (χ0n) is 81.4. The summed E-state index contributed by atoms with van der Waals surface area (Å²) >= 11 is 0. The highest BCUT2D eigenvalue weighted by molar-refractivity contribution is 5.93. The third-order valence-electron chi connectivity index (χ3n) is 23.8. The molecule has 0 saturated heterocycles. The minimum Gasteiger partial charge on any atom is -0.493 e. The van der Waals surface area contributed by atoms with Crippen LogP contribution in [0, 0.1) is 0 Å². The molecule has 0 unspecified atom stereocenters. The number of aromatic amines is 5. The van der Waals surface area contributed by atoms with Crippen LogP contribution < -0.4 is 23.7 Å². The quantitative estimate of drug-likeness (QED) is 0.0256. The number of ether oxygens (including phenoxy) is 5. The highest BCUT2D eigenvalue weighted by Gasteiger charge is 2.20. The number of fused-ring (bicyclic) bond motifs is 6. The molecule has 0 saturated carbocycles. The van der Waals surface area contributed by atoms with Gasteiger partial charge in [0.2, 0.25) is 0 Å². The number of nitrogens with zero attached hydrogens (tertiary/aromatic N) is 15. The Kier molecular flexibility index (Phi) is 32.3. The first kappa shape index (κ1) is 96.4. The maximum Gasteiger partial charge on any atom is 0.127 e. The SMILES string of the molecule is CN(C)Cc1[nH]nc2ccc(-c3ccccc3OCCc3ccccc3)cc12.CN(C)Cc1[nH]nc2ccc(-c3ccccc3OCCc3cccnc3)cc12.CN(C)Cc1[nH]nc2ccc(-c3ccccc3OCCn3ccnc3)cc12.CN(C)Cc1[nH]nc2ccc(-c3ccccc3OCc3cccnc3)cc12.CN(C)Cc1[nH]nc2ccc(-c3ccccc3OCc3ccnc4ccccc34)cc12. The summed E-state index contributed by atoms with van der Waals surface area (Å²) in [6.07, 6.45) is 16.3. The van der Waals surface area contributed by atoms with E-state index in [9.17, 15) is 0 Å². The summed E-state index contributed by atoms with van der Waals surface area (Å²) in [5.41, 5.74) is 27.2. The molecule has 0 aliphatic carbocycles. The Balaban J connectivity index is 0.000000122. The number of imidazole rings is 1. The van der Waals surface area contributed by atoms with Crippen molar-refractivity contribution in [2.45, 2.75) is 65.3 Å². The van der Waals surface area contributed by atoms with Gasteiger partial charge in [-0.05, 0) is 225 Å². The standard InChI is InChI=1S/C26H24N4O.C24H25N3O.C23H24N4O.C22H22N4O.C21H23N5O/c1-30(2)16-25-22-15-18(11-12-24(22)28-29-25)21-8-4-6-10-26(21)31-17-19-13-14-27-23-9-5-3-7-20(19)23;1-27(2)17-23-21-16-19(12-13-22(21)25-26-23)20-10-6-7-11-24(20)28-15-14-18-8-4-3-5-9-18;1-27(2)16-22-20-14-18(9-10-21(20)25-26-22)19-7-3-4-8-23(19)28-13-11-17-6-5-12-24-15-17;1-26(2)14-21-19-12-17(9-10-20(19)24-25-21)18-7-3-4-8-22(18)27-15-16-6-5-11-23-13-16;1-25(2)14-20-18-13-16(7-8-19(18)23-24-20)17-5-3-4-6-21(17)27-12-11-26-10-9-22-15-26/h3-15H,16-17H2,1-2H3,(H,28,29);3-13,16H,14-15,17H2,1-2H3,(H,25,26);3-10,12,14-15H,11,13,16H2,1-2H3,(H,25,26);3-13H,14-15H2,1-2H3,(H,24,25);3-10,13,15H,11-12,14H2,1-2H3,(H,23,24). The van der Waals surface area contributed by atoms with E-state index in [4.69, 9.17) is 23.7 Å². The van der Waals surface area contributed by atoms with Gasteiger partial charge in [-0.1, -0.05) is 182 Å². The summed E-state index contributed by atoms with van der Waals surface area (Å²) in [5.74, 6) is 4.41. The molecule has 0 fully saturated rings. The molecule has 9 heterocycles. The monoisotopic (exact) mass is 1870 g/mol. The fourth-order valence-corrected chi connectivity index (χ4v) is 17.0. The van der Waals surface area contributed by atoms with E-state index >= 15 is 0 Å². The van der Waals surface area contributed by atoms with Crippen molar-refractivity contribution in [3.8, 4) is 84.4 Å². The van der Waals surface area contributed by atoms with E-state index < -0.39 is 0 Å². The highest BCUT2D eigenvalue weighted by Crippen LogP contribution is 2.40. The average molecular weight is 1870 g/mol. The van der Waals surface area contributed by atoms with Crippen molar-refractivity contribution in [2.75, 3.05) is 90.3 Å². The average Bonchev–Trinajstić information content (AvgIpc) is 1.74. The van der Waals surface area contributed by atoms with Gasteiger partial charge in [-0.15, -0.1) is 0 Å². The second-order valence-electron chi connectivity index (χ2n) is 36.0. The van der Waals surface area contributed by atoms with Crippen molar-refractivity contribution in [2.24, 2.45) is 0 Å². The highest BCUT2D eigenvalue weighted by atomic mass is 16.5. The third kappa shape index (κ3) is 25.4. The summed E-state index contributed by atoms with van der Waals surface area (Å²) in [5, 5.41) is 44.8. The molecule has 25 heteroatoms. The molecular weight excluding hydrogens is 1750 g/mol. The van der Waals surface area contributed by atoms with Crippen LogP contribution in [0.25, 0.3) is 121 Å². The second kappa shape index (κ2) is 47.2. The minimum atomic E-state index is 0.486. The Morgan fingerprint density at radius 1 is 0.262 bits per heavy atom. The second-order valence-corrected chi connectivity index (χ2v) is 36.0. The first-order valence-electron chi connectivity index (χ1n) is 47.3. The van der Waals surface area contributed by atoms with Gasteiger partial charge in [0.25, 0.3) is 0 Å². The van der Waals surface area contributed by atoms with Crippen LogP contribution in [0.4, 0.5) is 0 Å². The van der Waals surface area contributed by atoms with Crippen molar-refractivity contribution in [1.29, 1.82) is 0 Å². The van der Waals surface area contributed by atoms with Gasteiger partial charge in [-0.3, -0.25) is 40.4 Å². The molecule has 25 nitrogen and oxygen atoms in total. The van der Waals surface area contributed by atoms with E-state index in [-0.39, 0.29) is 0 Å². The van der Waals surface area contributed by atoms with Crippen molar-refractivity contribution < 1.29 is 23.7 Å². The normalized spacial score (nSPS) is 11.3. The first-order chi connectivity index (χ1) is 69.0. The summed E-state index contributed by atoms with van der Waals surface area (Å²) in [6, 6.07) is 101. The summed E-state index contributed by atoms with van der Waals surface area (Å²) in [7, 11) is 20.6. The van der Waals surface area contributed by atoms with E-state index in [1.165, 1.54) is 11.1 Å². The topological polar surface area (TPSA) is 262 Å². The van der Waals surface area contributed by atoms with E-state index in [0.717, 1.165) is 242 Å². The van der Waals surface area contributed by atoms with Gasteiger partial charge in [0.1, 0.15) is 48.6 Å². The van der Waals surface area contributed by atoms with Gasteiger partial charge < -0.3 is 52.8 Å². The Hall–Kier alpha value is -16.3. The largest absolute Gasteiger partial charge is 0.493 e. The summed E-state index contributed by atoms with van der Waals surface area (Å²) in [4.78, 5) is 27.5. The molecule has 0 amide bonds. The predicted molar refractivity (Wildman–Crippen MR) is 566 cm³/mol. The van der Waals surface area contributed by atoms with Gasteiger partial charge >= 0.3 is 0 Å². The van der Waals surface area contributed by atoms with Crippen LogP contribution in [0.2, 0.25) is 0 Å². The zero-order valence-corrected chi connectivity index (χ0v) is 81.4. The molecular formula is C116H118N20O5. The number of pyridine rings is 3. The molecule has 0 aliphatic heterocycles. The fraction of sp³-hybridized carbons (Fsp3) is 0.198. The van der Waals surface area contributed by atoms with Gasteiger partial charge in [0.15, 0.2) is 0 Å². The summed E-state index contributed by atoms with van der Waals surface area (Å²) in [6.45, 7) is 7.71. The van der Waals surface area contributed by atoms with E-state index in [1.807, 2.05) is 163 Å². The Morgan fingerprint density at radius 3 is 0.950 bits per heavy atom. The van der Waals surface area contributed by atoms with E-state index in [2.05, 4.69) is 330 Å². The summed E-state index contributed by atoms with van der Waals surface area (Å²) < 4.78 is 32.8. The van der Waals surface area contributed by atoms with Crippen molar-refractivity contribution in [1.82, 2.24) is 100.0 Å². The molecule has 0 spiro atoms. The number of nitrogens with one attached hydrogen (secondary N) is 5. The number of aromatic nitrogens is 15. The van der Waals surface area contributed by atoms with Crippen LogP contribution in [0.1, 0.15) is 50.7 Å². The van der Waals surface area contributed by atoms with Gasteiger partial charge in [-0.2, -0.15) is 25.5 Å². The Labute approximate surface area is 821 Å². The lowest BCUT2D eigenvalue weighted by Gasteiger charge is -2.13. The van der Waals surface area contributed by atoms with Crippen LogP contribution in [0.3, 0.4) is 0 Å². The van der Waals surface area contributed by atoms with Crippen molar-refractivity contribution >= 4 is 65.4 Å². The van der Waals surface area contributed by atoms with E-state index in [0.29, 0.717) is 33.0 Å². The lowest BCUT2D eigenvalue weighted by molar-refractivity contribution is 0.299. The molecule has 712 valence electrons. The van der Waals surface area contributed by atoms with Crippen molar-refractivity contribution in [3.63, 3.8) is 0 Å². The number of rotatable bonds is 33. The Bertz CT molecular complexity index is 7420. The predicted octanol–water partition coefficient (Wildman–Crippen LogP) is 22.5. The van der Waals surface area contributed by atoms with Gasteiger partial charge in [-0.25, -0.2) is 4.98 Å². The van der Waals surface area contributed by atoms with Gasteiger partial charge in [0, 0.05) is 160 Å². The molecule has 0 aliphatic rings. The van der Waals surface area contributed by atoms with Crippen LogP contribution >= 0.6 is 0 Å². The van der Waals surface area contributed by atoms with Crippen LogP contribution in [-0.4, -0.2) is 190 Å². The fourth-order valence-electron chi connectivity index (χ4n) is 17.0. The number of hydrogen-bond donors (Lipinski definition) is 5. The molecule has 12 aromatic carbocycles. The number of H-pyrrole nitrogens is 5. The smallest absolute Gasteiger partial charge is 0.127 e. The maximum absolute atomic E-state index is 6.31. The number of benzene rings is 12. The number of para-hydroxylation sites is 6. The van der Waals surface area contributed by atoms with Gasteiger partial charge in [0.05, 0.1) is 87.7 Å². The van der Waals surface area contributed by atoms with Crippen LogP contribution in [-0.2, 0) is 65.3 Å². The van der Waals surface area contributed by atoms with Crippen LogP contribution in [0.5, 0.6) is 28.7 Å². The Morgan fingerprint density at radius 2 is 0.589 bits per heavy atom. The maximum atomic E-state index is 6.31. The zero-order chi connectivity index (χ0) is 97.2. The van der Waals surface area contributed by atoms with E-state index in [1.54, 1.807) is 24.9 Å². The van der Waals surface area contributed by atoms with Crippen LogP contribution in [0.15, 0.2) is 347 Å². The molecule has 5 N–H and O–H groups in total. The molecule has 21 rings (SSSR count). The first-order valence-corrected chi connectivity index (χ1v) is 47.3. The lowest BCUT2D eigenvalue weighted by Crippen LogP contribution is -2.11. The molecule has 9 aromatic heterocycles. The molecule has 21 aromatic rings. The molecule has 0 bridgehead atoms. The molecule has 0 atom stereocenters.